The lowest BCUT2D eigenvalue weighted by atomic mass is 10.2. The molecule has 0 radical (unpaired) electrons. The highest BCUT2D eigenvalue weighted by molar-refractivity contribution is 6.17. The molecule has 0 aromatic heterocycles. The molecule has 1 aromatic rings. The second-order valence-electron chi connectivity index (χ2n) is 3.67. The molecule has 5 heteroatoms. The number of rotatable bonds is 6. The van der Waals surface area contributed by atoms with Gasteiger partial charge < -0.3 is 5.32 Å². The van der Waals surface area contributed by atoms with E-state index < -0.39 is 11.6 Å². The Morgan fingerprint density at radius 2 is 2.00 bits per heavy atom. The fourth-order valence-electron chi connectivity index (χ4n) is 1.32. The van der Waals surface area contributed by atoms with Gasteiger partial charge in [0, 0.05) is 18.8 Å². The Morgan fingerprint density at radius 1 is 1.24 bits per heavy atom. The maximum absolute atomic E-state index is 12.8. The lowest BCUT2D eigenvalue weighted by Crippen LogP contribution is -2.22. The topological polar surface area (TPSA) is 29.1 Å². The molecule has 1 aromatic carbocycles. The minimum Gasteiger partial charge on any atom is -0.352 e. The van der Waals surface area contributed by atoms with Gasteiger partial charge in [0.25, 0.3) is 0 Å². The summed E-state index contributed by atoms with van der Waals surface area (Å²) in [6.07, 6.45) is 1.92. The van der Waals surface area contributed by atoms with Crippen LogP contribution in [-0.4, -0.2) is 11.8 Å². The van der Waals surface area contributed by atoms with Gasteiger partial charge in [-0.15, -0.1) is 11.6 Å². The van der Waals surface area contributed by atoms with Crippen molar-refractivity contribution in [2.75, 3.05) is 5.88 Å². The molecule has 0 fully saturated rings. The third kappa shape index (κ3) is 5.13. The predicted octanol–water partition coefficient (Wildman–Crippen LogP) is 2.99. The monoisotopic (exact) mass is 261 g/mol. The van der Waals surface area contributed by atoms with E-state index in [9.17, 15) is 13.6 Å². The summed E-state index contributed by atoms with van der Waals surface area (Å²) < 4.78 is 25.5. The zero-order valence-electron chi connectivity index (χ0n) is 9.31. The van der Waals surface area contributed by atoms with E-state index in [-0.39, 0.29) is 12.5 Å². The van der Waals surface area contributed by atoms with Crippen LogP contribution in [0.15, 0.2) is 18.2 Å². The van der Waals surface area contributed by atoms with Crippen LogP contribution < -0.4 is 5.32 Å². The van der Waals surface area contributed by atoms with Crippen molar-refractivity contribution in [1.29, 1.82) is 0 Å². The number of benzene rings is 1. The number of hydrogen-bond donors (Lipinski definition) is 1. The molecule has 0 unspecified atom stereocenters. The van der Waals surface area contributed by atoms with E-state index in [1.807, 2.05) is 0 Å². The smallest absolute Gasteiger partial charge is 0.220 e. The van der Waals surface area contributed by atoms with Gasteiger partial charge in [-0.3, -0.25) is 4.79 Å². The van der Waals surface area contributed by atoms with Gasteiger partial charge in [-0.05, 0) is 30.5 Å². The van der Waals surface area contributed by atoms with Crippen molar-refractivity contribution in [3.63, 3.8) is 0 Å². The number of carbonyl (C=O) groups excluding carboxylic acids is 1. The average molecular weight is 262 g/mol. The molecule has 0 aliphatic rings. The second kappa shape index (κ2) is 7.22. The van der Waals surface area contributed by atoms with Crippen LogP contribution in [0, 0.1) is 11.6 Å². The first-order valence-corrected chi connectivity index (χ1v) is 5.93. The molecule has 17 heavy (non-hydrogen) atoms. The molecule has 94 valence electrons. The predicted molar refractivity (Wildman–Crippen MR) is 62.8 cm³/mol. The Bertz CT molecular complexity index is 385. The summed E-state index contributed by atoms with van der Waals surface area (Å²) in [7, 11) is 0. The number of hydrogen-bond acceptors (Lipinski definition) is 1. The van der Waals surface area contributed by atoms with Gasteiger partial charge in [-0.25, -0.2) is 8.78 Å². The highest BCUT2D eigenvalue weighted by Gasteiger charge is 2.04. The van der Waals surface area contributed by atoms with Crippen LogP contribution >= 0.6 is 11.6 Å². The molecule has 0 aliphatic carbocycles. The van der Waals surface area contributed by atoms with E-state index in [4.69, 9.17) is 11.6 Å². The highest BCUT2D eigenvalue weighted by atomic mass is 35.5. The van der Waals surface area contributed by atoms with Crippen LogP contribution in [0.5, 0.6) is 0 Å². The second-order valence-corrected chi connectivity index (χ2v) is 4.05. The summed E-state index contributed by atoms with van der Waals surface area (Å²) in [6.45, 7) is 0.205. The van der Waals surface area contributed by atoms with Crippen LogP contribution in [0.4, 0.5) is 8.78 Å². The van der Waals surface area contributed by atoms with Gasteiger partial charge in [-0.1, -0.05) is 6.07 Å². The number of nitrogens with one attached hydrogen (secondary N) is 1. The van der Waals surface area contributed by atoms with Crippen LogP contribution in [-0.2, 0) is 11.3 Å². The van der Waals surface area contributed by atoms with Crippen molar-refractivity contribution in [2.45, 2.75) is 25.8 Å². The molecule has 1 rings (SSSR count). The van der Waals surface area contributed by atoms with Gasteiger partial charge in [0.1, 0.15) is 0 Å². The number of alkyl halides is 1. The van der Waals surface area contributed by atoms with Crippen molar-refractivity contribution in [3.8, 4) is 0 Å². The number of carbonyl (C=O) groups is 1. The van der Waals surface area contributed by atoms with Gasteiger partial charge in [-0.2, -0.15) is 0 Å². The van der Waals surface area contributed by atoms with Gasteiger partial charge in [0.2, 0.25) is 5.91 Å². The molecule has 0 atom stereocenters. The lowest BCUT2D eigenvalue weighted by Gasteiger charge is -2.05. The number of amides is 1. The fourth-order valence-corrected chi connectivity index (χ4v) is 1.51. The van der Waals surface area contributed by atoms with Crippen molar-refractivity contribution in [1.82, 2.24) is 5.32 Å². The summed E-state index contributed by atoms with van der Waals surface area (Å²) in [6, 6.07) is 3.57. The van der Waals surface area contributed by atoms with E-state index in [0.717, 1.165) is 25.0 Å². The van der Waals surface area contributed by atoms with E-state index in [1.54, 1.807) is 0 Å². The van der Waals surface area contributed by atoms with Crippen LogP contribution in [0.25, 0.3) is 0 Å². The summed E-state index contributed by atoms with van der Waals surface area (Å²) in [4.78, 5) is 11.3. The van der Waals surface area contributed by atoms with Crippen molar-refractivity contribution >= 4 is 17.5 Å². The van der Waals surface area contributed by atoms with E-state index in [0.29, 0.717) is 17.9 Å². The summed E-state index contributed by atoms with van der Waals surface area (Å²) >= 11 is 5.48. The molecule has 1 amide bonds. The Balaban J connectivity index is 2.34. The SMILES string of the molecule is O=C(CCCCCl)NCc1ccc(F)c(F)c1. The molecule has 0 aliphatic heterocycles. The third-order valence-corrected chi connectivity index (χ3v) is 2.53. The van der Waals surface area contributed by atoms with Crippen LogP contribution in [0.1, 0.15) is 24.8 Å². The Kier molecular flexibility index (Phi) is 5.91. The van der Waals surface area contributed by atoms with Crippen LogP contribution in [0.2, 0.25) is 0 Å². The summed E-state index contributed by atoms with van der Waals surface area (Å²) in [5.41, 5.74) is 0.537. The van der Waals surface area contributed by atoms with Gasteiger partial charge >= 0.3 is 0 Å². The maximum Gasteiger partial charge on any atom is 0.220 e. The maximum atomic E-state index is 12.8. The minimum atomic E-state index is -0.904. The zero-order valence-corrected chi connectivity index (χ0v) is 10.1. The van der Waals surface area contributed by atoms with Gasteiger partial charge in [0.05, 0.1) is 0 Å². The molecular formula is C12H14ClF2NO. The van der Waals surface area contributed by atoms with Crippen molar-refractivity contribution in [2.24, 2.45) is 0 Å². The van der Waals surface area contributed by atoms with E-state index in [1.165, 1.54) is 6.07 Å². The zero-order chi connectivity index (χ0) is 12.7. The summed E-state index contributed by atoms with van der Waals surface area (Å²) in [5.74, 6) is -1.36. The number of halogens is 3. The molecule has 0 spiro atoms. The average Bonchev–Trinajstić information content (AvgIpc) is 2.31. The van der Waals surface area contributed by atoms with E-state index in [2.05, 4.69) is 5.32 Å². The number of unbranched alkanes of at least 4 members (excludes halogenated alkanes) is 1. The van der Waals surface area contributed by atoms with Crippen molar-refractivity contribution in [3.05, 3.63) is 35.4 Å². The molecule has 2 nitrogen and oxygen atoms in total. The first-order chi connectivity index (χ1) is 8.13. The highest BCUT2D eigenvalue weighted by Crippen LogP contribution is 2.08. The molecule has 0 heterocycles. The molecule has 0 bridgehead atoms. The van der Waals surface area contributed by atoms with Crippen LogP contribution in [0.3, 0.4) is 0 Å². The Labute approximate surface area is 104 Å². The standard InChI is InChI=1S/C12H14ClF2NO/c13-6-2-1-3-12(17)16-8-9-4-5-10(14)11(15)7-9/h4-5,7H,1-3,6,8H2,(H,16,17). The third-order valence-electron chi connectivity index (χ3n) is 2.26. The first kappa shape index (κ1) is 13.9. The normalized spacial score (nSPS) is 10.3. The Hall–Kier alpha value is -1.16. The minimum absolute atomic E-state index is 0.111. The fraction of sp³-hybridized carbons (Fsp3) is 0.417. The van der Waals surface area contributed by atoms with Gasteiger partial charge in [0.15, 0.2) is 11.6 Å². The molecule has 1 N–H and O–H groups in total. The molecule has 0 saturated heterocycles. The molecular weight excluding hydrogens is 248 g/mol. The summed E-state index contributed by atoms with van der Waals surface area (Å²) in [5, 5.41) is 2.63. The molecule has 0 saturated carbocycles. The largest absolute Gasteiger partial charge is 0.352 e. The first-order valence-electron chi connectivity index (χ1n) is 5.40. The lowest BCUT2D eigenvalue weighted by molar-refractivity contribution is -0.121. The quantitative estimate of drug-likeness (QED) is 0.619. The van der Waals surface area contributed by atoms with Crippen molar-refractivity contribution < 1.29 is 13.6 Å². The van der Waals surface area contributed by atoms with E-state index >= 15 is 0 Å². The Morgan fingerprint density at radius 3 is 2.65 bits per heavy atom.